The molecule has 0 spiro atoms. The zero-order chi connectivity index (χ0) is 11.9. The Morgan fingerprint density at radius 3 is 3.29 bits per heavy atom. The highest BCUT2D eigenvalue weighted by molar-refractivity contribution is 7.99. The molecular formula is C10H18N4O2S. The lowest BCUT2D eigenvalue weighted by molar-refractivity contribution is 0.0911. The van der Waals surface area contributed by atoms with Crippen molar-refractivity contribution >= 4 is 11.8 Å². The van der Waals surface area contributed by atoms with Crippen molar-refractivity contribution in [3.05, 3.63) is 0 Å². The Hall–Kier alpha value is -0.660. The van der Waals surface area contributed by atoms with Crippen LogP contribution in [0.15, 0.2) is 5.16 Å². The fourth-order valence-electron chi connectivity index (χ4n) is 1.73. The first-order chi connectivity index (χ1) is 8.40. The van der Waals surface area contributed by atoms with Crippen LogP contribution in [0.2, 0.25) is 0 Å². The number of thioether (sulfide) groups is 1. The predicted molar refractivity (Wildman–Crippen MR) is 64.0 cm³/mol. The van der Waals surface area contributed by atoms with Crippen molar-refractivity contribution in [2.24, 2.45) is 0 Å². The molecule has 1 atom stereocenters. The molecule has 1 aliphatic rings. The number of hydrogen-bond acceptors (Lipinski definition) is 6. The summed E-state index contributed by atoms with van der Waals surface area (Å²) in [6.45, 7) is 5.09. The summed E-state index contributed by atoms with van der Waals surface area (Å²) in [6.07, 6.45) is 2.51. The van der Waals surface area contributed by atoms with E-state index in [9.17, 15) is 0 Å². The molecule has 0 N–H and O–H groups in total. The largest absolute Gasteiger partial charge is 0.381 e. The molecule has 1 fully saturated rings. The average Bonchev–Trinajstić information content (AvgIpc) is 2.97. The summed E-state index contributed by atoms with van der Waals surface area (Å²) in [6, 6.07) is 0. The van der Waals surface area contributed by atoms with Crippen molar-refractivity contribution in [3.63, 3.8) is 0 Å². The lowest BCUT2D eigenvalue weighted by Gasteiger charge is -2.09. The summed E-state index contributed by atoms with van der Waals surface area (Å²) >= 11 is 1.62. The van der Waals surface area contributed by atoms with Crippen LogP contribution in [0.3, 0.4) is 0 Å². The fourth-order valence-corrected chi connectivity index (χ4v) is 2.47. The maximum absolute atomic E-state index is 5.57. The Morgan fingerprint density at radius 1 is 1.59 bits per heavy atom. The first-order valence-corrected chi connectivity index (χ1v) is 6.97. The molecule has 6 nitrogen and oxygen atoms in total. The van der Waals surface area contributed by atoms with Crippen LogP contribution in [0.25, 0.3) is 0 Å². The normalized spacial score (nSPS) is 19.9. The lowest BCUT2D eigenvalue weighted by Crippen LogP contribution is -2.17. The van der Waals surface area contributed by atoms with Gasteiger partial charge in [-0.1, -0.05) is 11.8 Å². The van der Waals surface area contributed by atoms with Gasteiger partial charge < -0.3 is 9.47 Å². The van der Waals surface area contributed by atoms with Gasteiger partial charge in [0.05, 0.1) is 19.3 Å². The second kappa shape index (κ2) is 6.93. The van der Waals surface area contributed by atoms with Gasteiger partial charge in [0.2, 0.25) is 5.16 Å². The van der Waals surface area contributed by atoms with Crippen molar-refractivity contribution < 1.29 is 9.47 Å². The summed E-state index contributed by atoms with van der Waals surface area (Å²) in [4.78, 5) is 0. The number of hydrogen-bond donors (Lipinski definition) is 0. The van der Waals surface area contributed by atoms with Crippen LogP contribution in [0.4, 0.5) is 0 Å². The van der Waals surface area contributed by atoms with Crippen LogP contribution >= 0.6 is 11.8 Å². The van der Waals surface area contributed by atoms with Crippen molar-refractivity contribution in [1.29, 1.82) is 0 Å². The summed E-state index contributed by atoms with van der Waals surface area (Å²) in [5.74, 6) is 0.875. The third kappa shape index (κ3) is 3.93. The molecule has 7 heteroatoms. The van der Waals surface area contributed by atoms with Crippen LogP contribution in [0, 0.1) is 0 Å². The molecule has 0 aromatic carbocycles. The minimum absolute atomic E-state index is 0.268. The van der Waals surface area contributed by atoms with Gasteiger partial charge in [0.25, 0.3) is 0 Å². The molecule has 1 unspecified atom stereocenters. The first-order valence-electron chi connectivity index (χ1n) is 5.98. The molecule has 0 amide bonds. The molecule has 0 saturated carbocycles. The number of tetrazole rings is 1. The van der Waals surface area contributed by atoms with E-state index in [1.165, 1.54) is 0 Å². The zero-order valence-electron chi connectivity index (χ0n) is 10.0. The fraction of sp³-hybridized carbons (Fsp3) is 0.900. The molecule has 17 heavy (non-hydrogen) atoms. The number of ether oxygens (including phenoxy) is 2. The Balaban J connectivity index is 1.79. The van der Waals surface area contributed by atoms with Gasteiger partial charge in [-0.15, -0.1) is 5.10 Å². The maximum Gasteiger partial charge on any atom is 0.209 e. The SMILES string of the molecule is CCOCCSc1nnnn1CC1CCCO1. The molecule has 1 aromatic rings. The van der Waals surface area contributed by atoms with E-state index >= 15 is 0 Å². The smallest absolute Gasteiger partial charge is 0.209 e. The molecule has 2 rings (SSSR count). The second-order valence-corrected chi connectivity index (χ2v) is 4.89. The highest BCUT2D eigenvalue weighted by Crippen LogP contribution is 2.18. The van der Waals surface area contributed by atoms with Crippen molar-refractivity contribution in [2.45, 2.75) is 37.6 Å². The van der Waals surface area contributed by atoms with Crippen molar-refractivity contribution in [1.82, 2.24) is 20.2 Å². The Bertz CT molecular complexity index is 328. The molecule has 0 bridgehead atoms. The summed E-state index contributed by atoms with van der Waals surface area (Å²) < 4.78 is 12.7. The van der Waals surface area contributed by atoms with E-state index in [1.54, 1.807) is 11.8 Å². The van der Waals surface area contributed by atoms with Gasteiger partial charge in [0.1, 0.15) is 0 Å². The molecule has 1 aliphatic heterocycles. The van der Waals surface area contributed by atoms with E-state index in [1.807, 2.05) is 11.6 Å². The van der Waals surface area contributed by atoms with Gasteiger partial charge in [-0.3, -0.25) is 0 Å². The first kappa shape index (κ1) is 12.8. The quantitative estimate of drug-likeness (QED) is 0.536. The predicted octanol–water partition coefficient (Wildman–Crippen LogP) is 0.981. The van der Waals surface area contributed by atoms with Gasteiger partial charge in [-0.25, -0.2) is 4.68 Å². The highest BCUT2D eigenvalue weighted by atomic mass is 32.2. The van der Waals surface area contributed by atoms with Crippen molar-refractivity contribution in [2.75, 3.05) is 25.6 Å². The van der Waals surface area contributed by atoms with E-state index in [4.69, 9.17) is 9.47 Å². The van der Waals surface area contributed by atoms with Gasteiger partial charge in [-0.05, 0) is 30.2 Å². The summed E-state index contributed by atoms with van der Waals surface area (Å²) in [7, 11) is 0. The molecule has 1 saturated heterocycles. The third-order valence-corrected chi connectivity index (χ3v) is 3.48. The molecule has 1 aromatic heterocycles. The number of rotatable bonds is 7. The second-order valence-electron chi connectivity index (χ2n) is 3.82. The van der Waals surface area contributed by atoms with Crippen molar-refractivity contribution in [3.8, 4) is 0 Å². The molecule has 2 heterocycles. The standard InChI is InChI=1S/C10H18N4O2S/c1-2-15-6-7-17-10-11-12-13-14(10)8-9-4-3-5-16-9/h9H,2-8H2,1H3. The van der Waals surface area contributed by atoms with Gasteiger partial charge in [-0.2, -0.15) is 0 Å². The summed E-state index contributed by atoms with van der Waals surface area (Å²) in [5, 5.41) is 12.6. The molecular weight excluding hydrogens is 240 g/mol. The zero-order valence-corrected chi connectivity index (χ0v) is 10.9. The van der Waals surface area contributed by atoms with E-state index in [-0.39, 0.29) is 6.10 Å². The summed E-state index contributed by atoms with van der Waals surface area (Å²) in [5.41, 5.74) is 0. The average molecular weight is 258 g/mol. The van der Waals surface area contributed by atoms with E-state index in [0.29, 0.717) is 0 Å². The highest BCUT2D eigenvalue weighted by Gasteiger charge is 2.18. The van der Waals surface area contributed by atoms with Crippen LogP contribution in [-0.4, -0.2) is 51.9 Å². The molecule has 0 radical (unpaired) electrons. The maximum atomic E-state index is 5.57. The number of aromatic nitrogens is 4. The van der Waals surface area contributed by atoms with Gasteiger partial charge in [0, 0.05) is 19.0 Å². The number of nitrogens with zero attached hydrogens (tertiary/aromatic N) is 4. The Morgan fingerprint density at radius 2 is 2.53 bits per heavy atom. The Kier molecular flexibility index (Phi) is 5.21. The minimum atomic E-state index is 0.268. The van der Waals surface area contributed by atoms with E-state index in [2.05, 4.69) is 15.5 Å². The van der Waals surface area contributed by atoms with Crippen LogP contribution in [-0.2, 0) is 16.0 Å². The molecule has 96 valence electrons. The van der Waals surface area contributed by atoms with Crippen LogP contribution < -0.4 is 0 Å². The van der Waals surface area contributed by atoms with Crippen LogP contribution in [0.5, 0.6) is 0 Å². The minimum Gasteiger partial charge on any atom is -0.381 e. The van der Waals surface area contributed by atoms with Crippen LogP contribution in [0.1, 0.15) is 19.8 Å². The lowest BCUT2D eigenvalue weighted by atomic mass is 10.2. The third-order valence-electron chi connectivity index (χ3n) is 2.56. The van der Waals surface area contributed by atoms with E-state index in [0.717, 1.165) is 50.1 Å². The van der Waals surface area contributed by atoms with Gasteiger partial charge >= 0.3 is 0 Å². The Labute approximate surface area is 105 Å². The monoisotopic (exact) mass is 258 g/mol. The van der Waals surface area contributed by atoms with E-state index < -0.39 is 0 Å². The topological polar surface area (TPSA) is 62.1 Å². The van der Waals surface area contributed by atoms with Gasteiger partial charge in [0.15, 0.2) is 0 Å². The molecule has 0 aliphatic carbocycles.